The molecule has 0 aliphatic heterocycles. The number of hydrogen-bond acceptors (Lipinski definition) is 3. The van der Waals surface area contributed by atoms with Crippen LogP contribution in [0.3, 0.4) is 0 Å². The number of carbonyl (C=O) groups is 1. The molecule has 3 atom stereocenters. The second-order valence-electron chi connectivity index (χ2n) is 6.70. The van der Waals surface area contributed by atoms with Crippen molar-refractivity contribution in [2.75, 3.05) is 7.11 Å². The Morgan fingerprint density at radius 1 is 1.36 bits per heavy atom. The summed E-state index contributed by atoms with van der Waals surface area (Å²) in [5, 5.41) is 3.10. The molecule has 124 valence electrons. The third kappa shape index (κ3) is 3.45. The number of nitrogens with one attached hydrogen (secondary N) is 1. The smallest absolute Gasteiger partial charge is 0.222 e. The molecular weight excluding hydrogens is 300 g/mol. The van der Waals surface area contributed by atoms with Gasteiger partial charge < -0.3 is 15.8 Å². The second kappa shape index (κ2) is 6.99. The van der Waals surface area contributed by atoms with Gasteiger partial charge in [-0.3, -0.25) is 4.79 Å². The Morgan fingerprint density at radius 3 is 2.45 bits per heavy atom. The number of hydrogen-bond donors (Lipinski definition) is 2. The van der Waals surface area contributed by atoms with Gasteiger partial charge in [-0.1, -0.05) is 44.2 Å². The van der Waals surface area contributed by atoms with Gasteiger partial charge in [-0.15, -0.1) is 12.4 Å². The van der Waals surface area contributed by atoms with Gasteiger partial charge in [-0.2, -0.15) is 0 Å². The van der Waals surface area contributed by atoms with Crippen molar-refractivity contribution < 1.29 is 9.53 Å². The Bertz CT molecular complexity index is 507. The highest BCUT2D eigenvalue weighted by Crippen LogP contribution is 2.51. The Morgan fingerprint density at radius 2 is 1.95 bits per heavy atom. The van der Waals surface area contributed by atoms with Gasteiger partial charge >= 0.3 is 0 Å². The van der Waals surface area contributed by atoms with E-state index in [1.165, 1.54) is 0 Å². The topological polar surface area (TPSA) is 64.3 Å². The lowest BCUT2D eigenvalue weighted by Crippen LogP contribution is -2.68. The van der Waals surface area contributed by atoms with Crippen LogP contribution in [-0.2, 0) is 9.53 Å². The third-order valence-electron chi connectivity index (χ3n) is 5.25. The van der Waals surface area contributed by atoms with Crippen LogP contribution in [0.2, 0.25) is 0 Å². The number of amides is 1. The first kappa shape index (κ1) is 18.9. The van der Waals surface area contributed by atoms with E-state index in [1.54, 1.807) is 7.11 Å². The van der Waals surface area contributed by atoms with Gasteiger partial charge in [0, 0.05) is 31.0 Å². The quantitative estimate of drug-likeness (QED) is 0.874. The number of methoxy groups -OCH3 is 1. The van der Waals surface area contributed by atoms with Crippen molar-refractivity contribution in [3.8, 4) is 0 Å². The Balaban J connectivity index is 0.00000242. The first-order chi connectivity index (χ1) is 9.80. The molecule has 5 heteroatoms. The molecule has 0 spiro atoms. The molecule has 3 unspecified atom stereocenters. The summed E-state index contributed by atoms with van der Waals surface area (Å²) in [7, 11) is 1.73. The number of benzene rings is 1. The zero-order valence-electron chi connectivity index (χ0n) is 13.8. The first-order valence-corrected chi connectivity index (χ1v) is 7.45. The molecule has 3 N–H and O–H groups in total. The molecule has 2 rings (SSSR count). The highest BCUT2D eigenvalue weighted by atomic mass is 35.5. The van der Waals surface area contributed by atoms with Crippen molar-refractivity contribution >= 4 is 18.3 Å². The van der Waals surface area contributed by atoms with Gasteiger partial charge in [0.05, 0.1) is 5.60 Å². The lowest BCUT2D eigenvalue weighted by Gasteiger charge is -2.59. The third-order valence-corrected chi connectivity index (χ3v) is 5.25. The molecule has 22 heavy (non-hydrogen) atoms. The van der Waals surface area contributed by atoms with Crippen molar-refractivity contribution in [3.05, 3.63) is 35.9 Å². The number of ether oxygens (including phenoxy) is 1. The minimum Gasteiger partial charge on any atom is -0.378 e. The molecule has 0 aromatic heterocycles. The van der Waals surface area contributed by atoms with Gasteiger partial charge in [0.1, 0.15) is 0 Å². The van der Waals surface area contributed by atoms with Crippen LogP contribution in [0.15, 0.2) is 30.3 Å². The summed E-state index contributed by atoms with van der Waals surface area (Å²) in [6.07, 6.45) is 1.14. The van der Waals surface area contributed by atoms with E-state index in [-0.39, 0.29) is 41.4 Å². The predicted molar refractivity (Wildman–Crippen MR) is 91.0 cm³/mol. The maximum atomic E-state index is 12.2. The van der Waals surface area contributed by atoms with Crippen molar-refractivity contribution in [3.63, 3.8) is 0 Å². The van der Waals surface area contributed by atoms with E-state index >= 15 is 0 Å². The molecule has 1 fully saturated rings. The summed E-state index contributed by atoms with van der Waals surface area (Å²) in [4.78, 5) is 12.2. The molecule has 1 saturated carbocycles. The van der Waals surface area contributed by atoms with E-state index in [4.69, 9.17) is 10.5 Å². The first-order valence-electron chi connectivity index (χ1n) is 7.45. The number of halogens is 1. The summed E-state index contributed by atoms with van der Waals surface area (Å²) in [5.41, 5.74) is 6.83. The molecular formula is C17H27ClN2O2. The summed E-state index contributed by atoms with van der Waals surface area (Å²) in [5.74, 6) is 0.00239. The molecule has 4 nitrogen and oxygen atoms in total. The lowest BCUT2D eigenvalue weighted by atomic mass is 9.56. The van der Waals surface area contributed by atoms with Gasteiger partial charge in [0.25, 0.3) is 0 Å². The summed E-state index contributed by atoms with van der Waals surface area (Å²) in [6, 6.07) is 9.60. The molecule has 1 aliphatic carbocycles. The summed E-state index contributed by atoms with van der Waals surface area (Å²) < 4.78 is 5.58. The van der Waals surface area contributed by atoms with Gasteiger partial charge in [-0.25, -0.2) is 0 Å². The lowest BCUT2D eigenvalue weighted by molar-refractivity contribution is -0.182. The van der Waals surface area contributed by atoms with Crippen molar-refractivity contribution in [2.45, 2.75) is 51.3 Å². The van der Waals surface area contributed by atoms with Crippen molar-refractivity contribution in [1.82, 2.24) is 5.32 Å². The Hall–Kier alpha value is -1.10. The zero-order chi connectivity index (χ0) is 15.7. The molecule has 0 radical (unpaired) electrons. The van der Waals surface area contributed by atoms with Crippen LogP contribution in [0.1, 0.15) is 45.2 Å². The zero-order valence-corrected chi connectivity index (χ0v) is 14.6. The van der Waals surface area contributed by atoms with Crippen LogP contribution < -0.4 is 11.1 Å². The van der Waals surface area contributed by atoms with Gasteiger partial charge in [-0.05, 0) is 18.9 Å². The summed E-state index contributed by atoms with van der Waals surface area (Å²) in [6.45, 7) is 6.34. The average Bonchev–Trinajstić information content (AvgIpc) is 2.47. The molecule has 0 heterocycles. The molecule has 1 aromatic rings. The molecule has 1 amide bonds. The standard InChI is InChI=1S/C17H26N2O2.ClH/c1-16(2)14(11-17(16,3)21-4)19-15(20)10-13(18)12-8-6-5-7-9-12;/h5-9,13-14H,10-11,18H2,1-4H3,(H,19,20);1H. The minimum absolute atomic E-state index is 0. The highest BCUT2D eigenvalue weighted by molar-refractivity contribution is 5.85. The number of carbonyl (C=O) groups excluding carboxylic acids is 1. The summed E-state index contributed by atoms with van der Waals surface area (Å²) >= 11 is 0. The van der Waals surface area contributed by atoms with Crippen LogP contribution in [0.5, 0.6) is 0 Å². The highest BCUT2D eigenvalue weighted by Gasteiger charge is 2.58. The fourth-order valence-electron chi connectivity index (χ4n) is 2.99. The number of rotatable bonds is 5. The van der Waals surface area contributed by atoms with Crippen LogP contribution in [0, 0.1) is 5.41 Å². The second-order valence-corrected chi connectivity index (χ2v) is 6.70. The van der Waals surface area contributed by atoms with Crippen LogP contribution in [0.25, 0.3) is 0 Å². The fraction of sp³-hybridized carbons (Fsp3) is 0.588. The maximum absolute atomic E-state index is 12.2. The van der Waals surface area contributed by atoms with E-state index in [0.29, 0.717) is 6.42 Å². The van der Waals surface area contributed by atoms with Crippen molar-refractivity contribution in [2.24, 2.45) is 11.1 Å². The molecule has 1 aliphatic rings. The largest absolute Gasteiger partial charge is 0.378 e. The molecule has 0 bridgehead atoms. The molecule has 1 aromatic carbocycles. The maximum Gasteiger partial charge on any atom is 0.222 e. The van der Waals surface area contributed by atoms with Crippen LogP contribution in [0.4, 0.5) is 0 Å². The monoisotopic (exact) mass is 326 g/mol. The Labute approximate surface area is 139 Å². The van der Waals surface area contributed by atoms with Crippen LogP contribution in [-0.4, -0.2) is 24.7 Å². The Kier molecular flexibility index (Phi) is 6.02. The fourth-order valence-corrected chi connectivity index (χ4v) is 2.99. The molecule has 0 saturated heterocycles. The SMILES string of the molecule is COC1(C)CC(NC(=O)CC(N)c2ccccc2)C1(C)C.Cl. The average molecular weight is 327 g/mol. The van der Waals surface area contributed by atoms with E-state index in [0.717, 1.165) is 12.0 Å². The van der Waals surface area contributed by atoms with E-state index in [9.17, 15) is 4.79 Å². The number of nitrogens with two attached hydrogens (primary N) is 1. The predicted octanol–water partition coefficient (Wildman–Crippen LogP) is 2.82. The normalized spacial score (nSPS) is 27.2. The van der Waals surface area contributed by atoms with Gasteiger partial charge in [0.2, 0.25) is 5.91 Å². The van der Waals surface area contributed by atoms with Crippen molar-refractivity contribution in [1.29, 1.82) is 0 Å². The van der Waals surface area contributed by atoms with E-state index in [1.807, 2.05) is 30.3 Å². The minimum atomic E-state index is -0.261. The van der Waals surface area contributed by atoms with E-state index < -0.39 is 0 Å². The van der Waals surface area contributed by atoms with Gasteiger partial charge in [0.15, 0.2) is 0 Å². The van der Waals surface area contributed by atoms with Crippen LogP contribution >= 0.6 is 12.4 Å². The van der Waals surface area contributed by atoms with E-state index in [2.05, 4.69) is 26.1 Å².